The molecule has 0 aliphatic carbocycles. The minimum absolute atomic E-state index is 0.126. The Bertz CT molecular complexity index is 660. The van der Waals surface area contributed by atoms with Crippen LogP contribution in [0.5, 0.6) is 0 Å². The number of para-hydroxylation sites is 1. The third-order valence-electron chi connectivity index (χ3n) is 3.11. The van der Waals surface area contributed by atoms with Crippen molar-refractivity contribution in [2.75, 3.05) is 5.73 Å². The molecule has 0 aromatic heterocycles. The minimum atomic E-state index is -0.592. The maximum absolute atomic E-state index is 13.3. The van der Waals surface area contributed by atoms with Crippen LogP contribution in [0.2, 0.25) is 5.02 Å². The molecule has 1 atom stereocenters. The first-order valence-electron chi connectivity index (χ1n) is 6.56. The number of amides is 1. The fourth-order valence-electron chi connectivity index (χ4n) is 2.11. The topological polar surface area (TPSA) is 55.1 Å². The highest BCUT2D eigenvalue weighted by molar-refractivity contribution is 6.30. The van der Waals surface area contributed by atoms with Gasteiger partial charge < -0.3 is 11.1 Å². The summed E-state index contributed by atoms with van der Waals surface area (Å²) in [5.74, 6) is -0.980. The van der Waals surface area contributed by atoms with Crippen molar-refractivity contribution in [2.45, 2.75) is 19.4 Å². The molecule has 2 rings (SSSR count). The van der Waals surface area contributed by atoms with E-state index in [1.165, 1.54) is 18.2 Å². The first-order chi connectivity index (χ1) is 9.97. The highest BCUT2D eigenvalue weighted by atomic mass is 35.5. The number of carbonyl (C=O) groups is 1. The molecule has 0 aliphatic rings. The maximum Gasteiger partial charge on any atom is 0.253 e. The largest absolute Gasteiger partial charge is 0.396 e. The van der Waals surface area contributed by atoms with E-state index in [1.807, 2.05) is 25.1 Å². The summed E-state index contributed by atoms with van der Waals surface area (Å²) in [6.45, 7) is 1.87. The molecular formula is C16H16ClFN2O. The van der Waals surface area contributed by atoms with Crippen LogP contribution in [-0.2, 0) is 6.42 Å². The van der Waals surface area contributed by atoms with E-state index in [2.05, 4.69) is 5.32 Å². The number of anilines is 1. The SMILES string of the molecule is CC(Cc1cccc(Cl)c1)NC(=O)c1cccc(F)c1N. The molecule has 1 amide bonds. The Morgan fingerprint density at radius 1 is 1.33 bits per heavy atom. The summed E-state index contributed by atoms with van der Waals surface area (Å²) < 4.78 is 13.3. The van der Waals surface area contributed by atoms with Gasteiger partial charge in [-0.2, -0.15) is 0 Å². The van der Waals surface area contributed by atoms with Crippen LogP contribution in [0.15, 0.2) is 42.5 Å². The molecule has 0 heterocycles. The summed E-state index contributed by atoms with van der Waals surface area (Å²) >= 11 is 5.92. The number of halogens is 2. The molecule has 2 aromatic carbocycles. The third kappa shape index (κ3) is 3.95. The molecule has 0 bridgehead atoms. The zero-order chi connectivity index (χ0) is 15.4. The number of rotatable bonds is 4. The number of carbonyl (C=O) groups excluding carboxylic acids is 1. The maximum atomic E-state index is 13.3. The molecule has 3 N–H and O–H groups in total. The molecule has 0 aliphatic heterocycles. The highest BCUT2D eigenvalue weighted by Gasteiger charge is 2.15. The molecule has 1 unspecified atom stereocenters. The Morgan fingerprint density at radius 2 is 2.05 bits per heavy atom. The molecule has 0 fully saturated rings. The first kappa shape index (κ1) is 15.3. The number of nitrogens with two attached hydrogens (primary N) is 1. The smallest absolute Gasteiger partial charge is 0.253 e. The van der Waals surface area contributed by atoms with Gasteiger partial charge in [-0.3, -0.25) is 4.79 Å². The Labute approximate surface area is 127 Å². The lowest BCUT2D eigenvalue weighted by atomic mass is 10.1. The summed E-state index contributed by atoms with van der Waals surface area (Å²) in [7, 11) is 0. The average molecular weight is 307 g/mol. The first-order valence-corrected chi connectivity index (χ1v) is 6.94. The van der Waals surface area contributed by atoms with Crippen LogP contribution in [0.1, 0.15) is 22.8 Å². The number of hydrogen-bond acceptors (Lipinski definition) is 2. The van der Waals surface area contributed by atoms with Crippen LogP contribution in [0.3, 0.4) is 0 Å². The Hall–Kier alpha value is -2.07. The Kier molecular flexibility index (Phi) is 4.81. The van der Waals surface area contributed by atoms with E-state index in [1.54, 1.807) is 6.07 Å². The summed E-state index contributed by atoms with van der Waals surface area (Å²) in [5, 5.41) is 3.46. The molecule has 5 heteroatoms. The van der Waals surface area contributed by atoms with Crippen molar-refractivity contribution >= 4 is 23.2 Å². The zero-order valence-electron chi connectivity index (χ0n) is 11.6. The van der Waals surface area contributed by atoms with E-state index in [-0.39, 0.29) is 23.2 Å². The summed E-state index contributed by atoms with van der Waals surface area (Å²) in [5.41, 5.74) is 6.61. The van der Waals surface area contributed by atoms with Gasteiger partial charge in [0.25, 0.3) is 5.91 Å². The average Bonchev–Trinajstić information content (AvgIpc) is 2.41. The van der Waals surface area contributed by atoms with Gasteiger partial charge in [-0.25, -0.2) is 4.39 Å². The van der Waals surface area contributed by atoms with Gasteiger partial charge >= 0.3 is 0 Å². The summed E-state index contributed by atoms with van der Waals surface area (Å²) in [6, 6.07) is 11.5. The van der Waals surface area contributed by atoms with Crippen molar-refractivity contribution in [1.29, 1.82) is 0 Å². The van der Waals surface area contributed by atoms with Gasteiger partial charge in [0, 0.05) is 11.1 Å². The molecule has 21 heavy (non-hydrogen) atoms. The fourth-order valence-corrected chi connectivity index (χ4v) is 2.32. The van der Waals surface area contributed by atoms with Crippen LogP contribution in [-0.4, -0.2) is 11.9 Å². The number of nitrogens with one attached hydrogen (secondary N) is 1. The Balaban J connectivity index is 2.04. The van der Waals surface area contributed by atoms with Crippen LogP contribution in [0.4, 0.5) is 10.1 Å². The van der Waals surface area contributed by atoms with Crippen molar-refractivity contribution in [3.63, 3.8) is 0 Å². The molecule has 2 aromatic rings. The van der Waals surface area contributed by atoms with E-state index in [0.717, 1.165) is 5.56 Å². The zero-order valence-corrected chi connectivity index (χ0v) is 12.3. The van der Waals surface area contributed by atoms with E-state index >= 15 is 0 Å². The highest BCUT2D eigenvalue weighted by Crippen LogP contribution is 2.16. The molecule has 0 saturated heterocycles. The van der Waals surface area contributed by atoms with Gasteiger partial charge in [0.1, 0.15) is 5.82 Å². The predicted molar refractivity (Wildman–Crippen MR) is 82.9 cm³/mol. The van der Waals surface area contributed by atoms with E-state index in [0.29, 0.717) is 11.4 Å². The van der Waals surface area contributed by atoms with Crippen molar-refractivity contribution in [3.05, 3.63) is 64.4 Å². The number of nitrogen functional groups attached to an aromatic ring is 1. The van der Waals surface area contributed by atoms with Crippen molar-refractivity contribution in [3.8, 4) is 0 Å². The Morgan fingerprint density at radius 3 is 2.76 bits per heavy atom. The van der Waals surface area contributed by atoms with Crippen molar-refractivity contribution < 1.29 is 9.18 Å². The van der Waals surface area contributed by atoms with E-state index in [4.69, 9.17) is 17.3 Å². The monoisotopic (exact) mass is 306 g/mol. The lowest BCUT2D eigenvalue weighted by Gasteiger charge is -2.15. The third-order valence-corrected chi connectivity index (χ3v) is 3.34. The molecule has 0 spiro atoms. The quantitative estimate of drug-likeness (QED) is 0.850. The second-order valence-electron chi connectivity index (χ2n) is 4.91. The van der Waals surface area contributed by atoms with E-state index in [9.17, 15) is 9.18 Å². The van der Waals surface area contributed by atoms with Crippen LogP contribution < -0.4 is 11.1 Å². The molecule has 0 saturated carbocycles. The lowest BCUT2D eigenvalue weighted by Crippen LogP contribution is -2.34. The van der Waals surface area contributed by atoms with Gasteiger partial charge in [0.2, 0.25) is 0 Å². The van der Waals surface area contributed by atoms with Crippen LogP contribution in [0, 0.1) is 5.82 Å². The predicted octanol–water partition coefficient (Wildman–Crippen LogP) is 3.42. The van der Waals surface area contributed by atoms with Crippen LogP contribution in [0.25, 0.3) is 0 Å². The van der Waals surface area contributed by atoms with Gasteiger partial charge in [0.15, 0.2) is 0 Å². The fraction of sp³-hybridized carbons (Fsp3) is 0.188. The van der Waals surface area contributed by atoms with Gasteiger partial charge in [-0.1, -0.05) is 29.8 Å². The summed E-state index contributed by atoms with van der Waals surface area (Å²) in [4.78, 5) is 12.1. The molecule has 110 valence electrons. The second kappa shape index (κ2) is 6.59. The molecular weight excluding hydrogens is 291 g/mol. The van der Waals surface area contributed by atoms with E-state index < -0.39 is 5.82 Å². The minimum Gasteiger partial charge on any atom is -0.396 e. The molecule has 0 radical (unpaired) electrons. The second-order valence-corrected chi connectivity index (χ2v) is 5.35. The van der Waals surface area contributed by atoms with Crippen LogP contribution >= 0.6 is 11.6 Å². The van der Waals surface area contributed by atoms with Crippen molar-refractivity contribution in [1.82, 2.24) is 5.32 Å². The van der Waals surface area contributed by atoms with Gasteiger partial charge in [-0.05, 0) is 43.2 Å². The number of benzene rings is 2. The summed E-state index contributed by atoms with van der Waals surface area (Å²) in [6.07, 6.45) is 0.627. The van der Waals surface area contributed by atoms with Crippen molar-refractivity contribution in [2.24, 2.45) is 0 Å². The van der Waals surface area contributed by atoms with Gasteiger partial charge in [-0.15, -0.1) is 0 Å². The number of hydrogen-bond donors (Lipinski definition) is 2. The normalized spacial score (nSPS) is 12.0. The lowest BCUT2D eigenvalue weighted by molar-refractivity contribution is 0.0940. The van der Waals surface area contributed by atoms with Gasteiger partial charge in [0.05, 0.1) is 11.3 Å². The standard InChI is InChI=1S/C16H16ClFN2O/c1-10(8-11-4-2-5-12(17)9-11)20-16(21)13-6-3-7-14(18)15(13)19/h2-7,9-10H,8,19H2,1H3,(H,20,21). The molecule has 3 nitrogen and oxygen atoms in total.